The number of Topliss-reactive ketones (excluding diaryl/α,β-unsaturated/α-hetero) is 2. The van der Waals surface area contributed by atoms with Crippen LogP contribution in [0.25, 0.3) is 10.9 Å². The van der Waals surface area contributed by atoms with E-state index >= 15 is 0 Å². The topological polar surface area (TPSA) is 71.8 Å². The first kappa shape index (κ1) is 29.4. The van der Waals surface area contributed by atoms with Crippen LogP contribution in [0.3, 0.4) is 0 Å². The summed E-state index contributed by atoms with van der Waals surface area (Å²) < 4.78 is 20.4. The van der Waals surface area contributed by atoms with Gasteiger partial charge in [0.2, 0.25) is 11.6 Å². The fourth-order valence-corrected chi connectivity index (χ4v) is 6.31. The second-order valence-electron chi connectivity index (χ2n) is 12.2. The Hall–Kier alpha value is -3.07. The first-order valence-electron chi connectivity index (χ1n) is 14.1. The summed E-state index contributed by atoms with van der Waals surface area (Å²) in [4.78, 5) is 44.4. The van der Waals surface area contributed by atoms with Crippen molar-refractivity contribution < 1.29 is 23.5 Å². The van der Waals surface area contributed by atoms with Gasteiger partial charge in [-0.3, -0.25) is 19.3 Å². The zero-order valence-corrected chi connectivity index (χ0v) is 25.0. The molecular weight excluding hydrogens is 545 g/mol. The number of ether oxygens (including phenoxy) is 1. The molecule has 2 heterocycles. The number of carbonyl (C=O) groups is 3. The van der Waals surface area contributed by atoms with Gasteiger partial charge in [0, 0.05) is 56.8 Å². The van der Waals surface area contributed by atoms with E-state index in [4.69, 9.17) is 16.3 Å². The van der Waals surface area contributed by atoms with Gasteiger partial charge in [-0.15, -0.1) is 0 Å². The van der Waals surface area contributed by atoms with Crippen molar-refractivity contribution in [3.05, 3.63) is 70.1 Å². The molecule has 7 nitrogen and oxygen atoms in total. The number of halogens is 2. The first-order chi connectivity index (χ1) is 19.4. The van der Waals surface area contributed by atoms with E-state index in [9.17, 15) is 18.8 Å². The average molecular weight is 582 g/mol. The number of aromatic nitrogens is 1. The molecular formula is C32H37ClFN3O4. The lowest BCUT2D eigenvalue weighted by Gasteiger charge is -2.44. The number of piperazine rings is 1. The number of benzene rings is 2. The second-order valence-corrected chi connectivity index (χ2v) is 12.6. The maximum absolute atomic E-state index is 13.9. The lowest BCUT2D eigenvalue weighted by molar-refractivity contribution is -0.116. The van der Waals surface area contributed by atoms with Gasteiger partial charge in [-0.05, 0) is 61.4 Å². The highest BCUT2D eigenvalue weighted by atomic mass is 35.5. The standard InChI is InChI=1S/C32H37ClFN3O4/c1-19-12-32(19,4)13-29(38)30(39)26-17-36(18-41-5)28-11-27(33)25(10-24(26)28)31(40)37-15-20(2)35(14-21(37)3)16-22-6-8-23(34)9-7-22/h6-11,17,19-21H,12-16,18H2,1-5H3/t19?,20-,21+,32?/m0/s1. The molecule has 0 bridgehead atoms. The smallest absolute Gasteiger partial charge is 0.255 e. The van der Waals surface area contributed by atoms with Gasteiger partial charge in [-0.2, -0.15) is 0 Å². The molecule has 0 radical (unpaired) electrons. The molecule has 3 aromatic rings. The number of nitrogens with zero attached hydrogens (tertiary/aromatic N) is 3. The van der Waals surface area contributed by atoms with E-state index in [2.05, 4.69) is 18.7 Å². The summed E-state index contributed by atoms with van der Waals surface area (Å²) in [5.41, 5.74) is 2.06. The molecule has 2 aromatic carbocycles. The van der Waals surface area contributed by atoms with Crippen LogP contribution in [-0.4, -0.2) is 64.1 Å². The predicted molar refractivity (Wildman–Crippen MR) is 157 cm³/mol. The Kier molecular flexibility index (Phi) is 8.12. The zero-order chi connectivity index (χ0) is 29.6. The van der Waals surface area contributed by atoms with Crippen LogP contribution >= 0.6 is 11.6 Å². The highest BCUT2D eigenvalue weighted by Gasteiger charge is 2.48. The number of fused-ring (bicyclic) bond motifs is 1. The first-order valence-corrected chi connectivity index (χ1v) is 14.5. The van der Waals surface area contributed by atoms with E-state index in [-0.39, 0.29) is 53.0 Å². The van der Waals surface area contributed by atoms with E-state index in [1.807, 2.05) is 18.7 Å². The summed E-state index contributed by atoms with van der Waals surface area (Å²) in [5, 5.41) is 0.786. The Morgan fingerprint density at radius 2 is 1.73 bits per heavy atom. The van der Waals surface area contributed by atoms with E-state index in [0.29, 0.717) is 42.0 Å². The summed E-state index contributed by atoms with van der Waals surface area (Å²) in [7, 11) is 1.55. The molecule has 0 spiro atoms. The monoisotopic (exact) mass is 581 g/mol. The minimum atomic E-state index is -0.553. The quantitative estimate of drug-likeness (QED) is 0.230. The van der Waals surface area contributed by atoms with Gasteiger partial charge in [0.15, 0.2) is 0 Å². The molecule has 2 unspecified atom stereocenters. The van der Waals surface area contributed by atoms with Crippen molar-refractivity contribution in [1.29, 1.82) is 0 Å². The molecule has 2 aliphatic rings. The highest BCUT2D eigenvalue weighted by molar-refractivity contribution is 6.46. The van der Waals surface area contributed by atoms with Crippen LogP contribution in [0, 0.1) is 17.2 Å². The fourth-order valence-electron chi connectivity index (χ4n) is 6.07. The highest BCUT2D eigenvalue weighted by Crippen LogP contribution is 2.54. The van der Waals surface area contributed by atoms with Crippen LogP contribution in [0.4, 0.5) is 4.39 Å². The number of hydrogen-bond acceptors (Lipinski definition) is 5. The lowest BCUT2D eigenvalue weighted by atomic mass is 9.94. The van der Waals surface area contributed by atoms with E-state index in [1.54, 1.807) is 42.1 Å². The Morgan fingerprint density at radius 3 is 2.37 bits per heavy atom. The van der Waals surface area contributed by atoms with Gasteiger partial charge in [-0.1, -0.05) is 37.6 Å². The summed E-state index contributed by atoms with van der Waals surface area (Å²) in [6.07, 6.45) is 2.76. The number of carbonyl (C=O) groups excluding carboxylic acids is 3. The van der Waals surface area contributed by atoms with Crippen molar-refractivity contribution in [1.82, 2.24) is 14.4 Å². The van der Waals surface area contributed by atoms with Crippen LogP contribution in [0.1, 0.15) is 66.8 Å². The predicted octanol–water partition coefficient (Wildman–Crippen LogP) is 5.96. The SMILES string of the molecule is COCn1cc(C(=O)C(=O)CC2(C)CC2C)c2cc(C(=O)N3C[C@H](C)N(Cc4ccc(F)cc4)C[C@H]3C)c(Cl)cc21. The van der Waals surface area contributed by atoms with Crippen LogP contribution in [0.15, 0.2) is 42.6 Å². The number of rotatable bonds is 9. The van der Waals surface area contributed by atoms with Crippen LogP contribution in [0.2, 0.25) is 5.02 Å². The lowest BCUT2D eigenvalue weighted by Crippen LogP contribution is -2.57. The second kappa shape index (κ2) is 11.3. The van der Waals surface area contributed by atoms with E-state index in [1.165, 1.54) is 12.1 Å². The summed E-state index contributed by atoms with van der Waals surface area (Å²) >= 11 is 6.69. The molecule has 5 rings (SSSR count). The van der Waals surface area contributed by atoms with Crippen molar-refractivity contribution in [3.8, 4) is 0 Å². The summed E-state index contributed by atoms with van der Waals surface area (Å²) in [6.45, 7) is 10.1. The van der Waals surface area contributed by atoms with Crippen molar-refractivity contribution in [3.63, 3.8) is 0 Å². The number of amides is 1. The molecule has 1 saturated heterocycles. The van der Waals surface area contributed by atoms with Gasteiger partial charge in [0.25, 0.3) is 5.91 Å². The number of ketones is 2. The van der Waals surface area contributed by atoms with Crippen LogP contribution in [0.5, 0.6) is 0 Å². The van der Waals surface area contributed by atoms with Crippen molar-refractivity contribution in [2.75, 3.05) is 20.2 Å². The number of hydrogen-bond donors (Lipinski definition) is 0. The minimum absolute atomic E-state index is 0.0615. The van der Waals surface area contributed by atoms with Gasteiger partial charge in [0.1, 0.15) is 12.5 Å². The van der Waals surface area contributed by atoms with Crippen LogP contribution in [-0.2, 0) is 22.8 Å². The third-order valence-electron chi connectivity index (χ3n) is 9.01. The Morgan fingerprint density at radius 1 is 1.05 bits per heavy atom. The summed E-state index contributed by atoms with van der Waals surface area (Å²) in [6, 6.07) is 9.76. The largest absolute Gasteiger partial charge is 0.364 e. The molecule has 9 heteroatoms. The molecule has 0 N–H and O–H groups in total. The zero-order valence-electron chi connectivity index (χ0n) is 24.2. The third kappa shape index (κ3) is 5.83. The summed E-state index contributed by atoms with van der Waals surface area (Å²) in [5.74, 6) is -1.05. The Bertz CT molecular complexity index is 1500. The normalized spacial score (nSPS) is 24.6. The number of methoxy groups -OCH3 is 1. The molecule has 2 fully saturated rings. The van der Waals surface area contributed by atoms with Gasteiger partial charge in [0.05, 0.1) is 21.7 Å². The van der Waals surface area contributed by atoms with Gasteiger partial charge >= 0.3 is 0 Å². The molecule has 1 aliphatic heterocycles. The molecule has 4 atom stereocenters. The molecule has 218 valence electrons. The minimum Gasteiger partial charge on any atom is -0.364 e. The Balaban J connectivity index is 1.41. The van der Waals surface area contributed by atoms with E-state index < -0.39 is 11.6 Å². The molecule has 1 saturated carbocycles. The van der Waals surface area contributed by atoms with E-state index in [0.717, 1.165) is 12.0 Å². The molecule has 1 aliphatic carbocycles. The maximum atomic E-state index is 13.9. The fraction of sp³-hybridized carbons (Fsp3) is 0.469. The maximum Gasteiger partial charge on any atom is 0.255 e. The van der Waals surface area contributed by atoms with Gasteiger partial charge < -0.3 is 14.2 Å². The van der Waals surface area contributed by atoms with Crippen molar-refractivity contribution in [2.45, 2.75) is 65.9 Å². The van der Waals surface area contributed by atoms with Crippen molar-refractivity contribution >= 4 is 40.0 Å². The molecule has 1 amide bonds. The third-order valence-corrected chi connectivity index (χ3v) is 9.32. The van der Waals surface area contributed by atoms with Gasteiger partial charge in [-0.25, -0.2) is 4.39 Å². The van der Waals surface area contributed by atoms with Crippen molar-refractivity contribution in [2.24, 2.45) is 11.3 Å². The van der Waals surface area contributed by atoms with Crippen LogP contribution < -0.4 is 0 Å². The average Bonchev–Trinajstić information content (AvgIpc) is 3.37. The molecule has 1 aromatic heterocycles. The Labute approximate surface area is 245 Å². The molecule has 41 heavy (non-hydrogen) atoms.